The third kappa shape index (κ3) is 1.70. The van der Waals surface area contributed by atoms with E-state index in [0.717, 1.165) is 4.47 Å². The molecular weight excluding hydrogens is 260 g/mol. The molecule has 0 aromatic carbocycles. The summed E-state index contributed by atoms with van der Waals surface area (Å²) in [4.78, 5) is 26.7. The van der Waals surface area contributed by atoms with E-state index in [1.807, 2.05) is 0 Å². The Labute approximate surface area is 94.5 Å². The Balaban J connectivity index is 2.51. The van der Waals surface area contributed by atoms with Crippen LogP contribution in [0.2, 0.25) is 0 Å². The maximum Gasteiger partial charge on any atom is 0.260 e. The number of carbonyl (C=O) groups is 2. The van der Waals surface area contributed by atoms with Crippen molar-refractivity contribution in [3.05, 3.63) is 34.1 Å². The molecule has 76 valence electrons. The van der Waals surface area contributed by atoms with Crippen LogP contribution >= 0.6 is 15.9 Å². The van der Waals surface area contributed by atoms with Crippen molar-refractivity contribution in [2.75, 3.05) is 0 Å². The zero-order valence-electron chi connectivity index (χ0n) is 7.87. The molecule has 0 fully saturated rings. The smallest absolute Gasteiger partial charge is 0.260 e. The number of hydrogen-bond acceptors (Lipinski definition) is 3. The molecule has 1 N–H and O–H groups in total. The molecule has 0 saturated carbocycles. The van der Waals surface area contributed by atoms with Gasteiger partial charge in [0.2, 0.25) is 0 Å². The molecule has 0 radical (unpaired) electrons. The molecule has 0 aliphatic carbocycles. The summed E-state index contributed by atoms with van der Waals surface area (Å²) in [7, 11) is 0. The molecule has 15 heavy (non-hydrogen) atoms. The van der Waals surface area contributed by atoms with E-state index < -0.39 is 0 Å². The lowest BCUT2D eigenvalue weighted by atomic mass is 10.1. The second kappa shape index (κ2) is 3.58. The lowest BCUT2D eigenvalue weighted by Crippen LogP contribution is -2.22. The van der Waals surface area contributed by atoms with Crippen LogP contribution in [0.4, 0.5) is 0 Å². The SMILES string of the molecule is CC1=C(c2ccc(Br)cn2)C(=O)NC1=O. The van der Waals surface area contributed by atoms with Crippen molar-refractivity contribution in [1.29, 1.82) is 0 Å². The van der Waals surface area contributed by atoms with E-state index in [2.05, 4.69) is 26.2 Å². The molecule has 1 aliphatic rings. The van der Waals surface area contributed by atoms with Crippen LogP contribution in [0, 0.1) is 0 Å². The van der Waals surface area contributed by atoms with Gasteiger partial charge in [0.25, 0.3) is 11.8 Å². The summed E-state index contributed by atoms with van der Waals surface area (Å²) < 4.78 is 0.828. The normalized spacial score (nSPS) is 15.9. The zero-order chi connectivity index (χ0) is 11.0. The molecule has 2 heterocycles. The van der Waals surface area contributed by atoms with Gasteiger partial charge in [-0.25, -0.2) is 0 Å². The number of rotatable bonds is 1. The molecular formula is C10H7BrN2O2. The van der Waals surface area contributed by atoms with Gasteiger partial charge in [-0.3, -0.25) is 19.9 Å². The van der Waals surface area contributed by atoms with Crippen molar-refractivity contribution < 1.29 is 9.59 Å². The van der Waals surface area contributed by atoms with Gasteiger partial charge in [0, 0.05) is 16.2 Å². The van der Waals surface area contributed by atoms with E-state index in [1.54, 1.807) is 25.3 Å². The summed E-state index contributed by atoms with van der Waals surface area (Å²) in [6.45, 7) is 1.61. The molecule has 2 amide bonds. The Bertz CT molecular complexity index is 477. The number of halogens is 1. The number of amides is 2. The second-order valence-corrected chi connectivity index (χ2v) is 4.06. The minimum atomic E-state index is -0.382. The van der Waals surface area contributed by atoms with E-state index in [4.69, 9.17) is 0 Å². The highest BCUT2D eigenvalue weighted by Gasteiger charge is 2.28. The van der Waals surface area contributed by atoms with Gasteiger partial charge >= 0.3 is 0 Å². The first-order valence-electron chi connectivity index (χ1n) is 4.28. The maximum atomic E-state index is 11.4. The van der Waals surface area contributed by atoms with Gasteiger partial charge in [0.15, 0.2) is 0 Å². The van der Waals surface area contributed by atoms with Gasteiger partial charge in [0.1, 0.15) is 0 Å². The van der Waals surface area contributed by atoms with E-state index in [-0.39, 0.29) is 11.8 Å². The fourth-order valence-corrected chi connectivity index (χ4v) is 1.61. The summed E-state index contributed by atoms with van der Waals surface area (Å²) in [5, 5.41) is 2.23. The number of imide groups is 1. The van der Waals surface area contributed by atoms with Gasteiger partial charge in [-0.2, -0.15) is 0 Å². The molecule has 1 aromatic rings. The fraction of sp³-hybridized carbons (Fsp3) is 0.100. The average Bonchev–Trinajstić information content (AvgIpc) is 2.44. The summed E-state index contributed by atoms with van der Waals surface area (Å²) in [5.74, 6) is -0.730. The van der Waals surface area contributed by atoms with Crippen LogP contribution in [-0.2, 0) is 9.59 Å². The topological polar surface area (TPSA) is 59.1 Å². The van der Waals surface area contributed by atoms with Crippen molar-refractivity contribution in [2.24, 2.45) is 0 Å². The van der Waals surface area contributed by atoms with Gasteiger partial charge in [-0.15, -0.1) is 0 Å². The van der Waals surface area contributed by atoms with E-state index >= 15 is 0 Å². The van der Waals surface area contributed by atoms with Gasteiger partial charge in [-0.05, 0) is 35.0 Å². The van der Waals surface area contributed by atoms with E-state index in [9.17, 15) is 9.59 Å². The largest absolute Gasteiger partial charge is 0.288 e. The first kappa shape index (κ1) is 10.0. The predicted octanol–water partition coefficient (Wildman–Crippen LogP) is 1.27. The Hall–Kier alpha value is -1.49. The van der Waals surface area contributed by atoms with Crippen LogP contribution in [0.25, 0.3) is 5.57 Å². The van der Waals surface area contributed by atoms with Crippen molar-refractivity contribution in [2.45, 2.75) is 6.92 Å². The highest BCUT2D eigenvalue weighted by molar-refractivity contribution is 9.10. The highest BCUT2D eigenvalue weighted by atomic mass is 79.9. The number of hydrogen-bond donors (Lipinski definition) is 1. The van der Waals surface area contributed by atoms with Crippen LogP contribution < -0.4 is 5.32 Å². The lowest BCUT2D eigenvalue weighted by Gasteiger charge is -1.99. The Morgan fingerprint density at radius 3 is 2.47 bits per heavy atom. The third-order valence-electron chi connectivity index (χ3n) is 2.15. The van der Waals surface area contributed by atoms with Gasteiger partial charge in [-0.1, -0.05) is 0 Å². The predicted molar refractivity (Wildman–Crippen MR) is 57.7 cm³/mol. The van der Waals surface area contributed by atoms with Crippen LogP contribution in [0.1, 0.15) is 12.6 Å². The van der Waals surface area contributed by atoms with Crippen LogP contribution in [0.5, 0.6) is 0 Å². The van der Waals surface area contributed by atoms with Gasteiger partial charge < -0.3 is 0 Å². The summed E-state index contributed by atoms with van der Waals surface area (Å²) in [6.07, 6.45) is 1.59. The molecule has 0 atom stereocenters. The Morgan fingerprint density at radius 2 is 2.00 bits per heavy atom. The third-order valence-corrected chi connectivity index (χ3v) is 2.62. The number of nitrogens with zero attached hydrogens (tertiary/aromatic N) is 1. The second-order valence-electron chi connectivity index (χ2n) is 3.14. The average molecular weight is 267 g/mol. The molecule has 0 bridgehead atoms. The van der Waals surface area contributed by atoms with Crippen molar-refractivity contribution in [3.8, 4) is 0 Å². The van der Waals surface area contributed by atoms with Gasteiger partial charge in [0.05, 0.1) is 11.3 Å². The molecule has 0 unspecified atom stereocenters. The number of nitrogens with one attached hydrogen (secondary N) is 1. The number of pyridine rings is 1. The number of carbonyl (C=O) groups excluding carboxylic acids is 2. The molecule has 1 aromatic heterocycles. The summed E-state index contributed by atoms with van der Waals surface area (Å²) >= 11 is 3.25. The molecule has 2 rings (SSSR count). The first-order chi connectivity index (χ1) is 7.09. The van der Waals surface area contributed by atoms with Crippen molar-refractivity contribution >= 4 is 33.3 Å². The molecule has 4 nitrogen and oxygen atoms in total. The van der Waals surface area contributed by atoms with Crippen LogP contribution in [0.3, 0.4) is 0 Å². The minimum Gasteiger partial charge on any atom is -0.288 e. The molecule has 5 heteroatoms. The van der Waals surface area contributed by atoms with Crippen molar-refractivity contribution in [1.82, 2.24) is 10.3 Å². The first-order valence-corrected chi connectivity index (χ1v) is 5.07. The van der Waals surface area contributed by atoms with Crippen molar-refractivity contribution in [3.63, 3.8) is 0 Å². The highest BCUT2D eigenvalue weighted by Crippen LogP contribution is 2.22. The van der Waals surface area contributed by atoms with E-state index in [1.165, 1.54) is 0 Å². The molecule has 0 saturated heterocycles. The standard InChI is InChI=1S/C10H7BrN2O2/c1-5-8(10(15)13-9(5)14)7-3-2-6(11)4-12-7/h2-4H,1H3,(H,13,14,15). The molecule has 1 aliphatic heterocycles. The Kier molecular flexibility index (Phi) is 2.40. The fourth-order valence-electron chi connectivity index (χ4n) is 1.38. The van der Waals surface area contributed by atoms with Crippen LogP contribution in [0.15, 0.2) is 28.4 Å². The zero-order valence-corrected chi connectivity index (χ0v) is 9.46. The lowest BCUT2D eigenvalue weighted by molar-refractivity contribution is -0.123. The quantitative estimate of drug-likeness (QED) is 0.779. The number of aromatic nitrogens is 1. The maximum absolute atomic E-state index is 11.4. The minimum absolute atomic E-state index is 0.347. The van der Waals surface area contributed by atoms with Crippen LogP contribution in [-0.4, -0.2) is 16.8 Å². The summed E-state index contributed by atoms with van der Waals surface area (Å²) in [6, 6.07) is 3.47. The monoisotopic (exact) mass is 266 g/mol. The summed E-state index contributed by atoms with van der Waals surface area (Å²) in [5.41, 5.74) is 1.28. The Morgan fingerprint density at radius 1 is 1.27 bits per heavy atom. The van der Waals surface area contributed by atoms with E-state index in [0.29, 0.717) is 16.8 Å². The molecule has 0 spiro atoms.